The third kappa shape index (κ3) is 5.25. The van der Waals surface area contributed by atoms with Crippen LogP contribution in [-0.4, -0.2) is 28.1 Å². The first-order valence-corrected chi connectivity index (χ1v) is 5.84. The molecule has 0 saturated heterocycles. The van der Waals surface area contributed by atoms with Crippen LogP contribution in [0.3, 0.4) is 0 Å². The molecule has 0 aliphatic carbocycles. The molecule has 0 spiro atoms. The van der Waals surface area contributed by atoms with E-state index >= 15 is 0 Å². The molecule has 0 aliphatic heterocycles. The topological polar surface area (TPSA) is 86.6 Å². The maximum atomic E-state index is 11.5. The van der Waals surface area contributed by atoms with E-state index < -0.39 is 17.9 Å². The lowest BCUT2D eigenvalue weighted by Gasteiger charge is -2.13. The number of aliphatic carboxylic acids is 1. The largest absolute Gasteiger partial charge is 0.508 e. The molecular formula is C14H17NO4. The van der Waals surface area contributed by atoms with Gasteiger partial charge in [0.15, 0.2) is 0 Å². The number of carboxylic acids is 1. The number of carboxylic acid groups (broad SMARTS) is 1. The Morgan fingerprint density at radius 3 is 2.32 bits per heavy atom. The molecule has 1 aromatic carbocycles. The lowest BCUT2D eigenvalue weighted by atomic mass is 10.1. The Hall–Kier alpha value is -2.30. The van der Waals surface area contributed by atoms with Crippen molar-refractivity contribution < 1.29 is 19.8 Å². The SMILES string of the molecule is CC(C)=CC(=O)N[C@@H](Cc1ccc(O)cc1)C(=O)O. The fraction of sp³-hybridized carbons (Fsp3) is 0.286. The molecular weight excluding hydrogens is 246 g/mol. The number of phenolic OH excluding ortho intramolecular Hbond substituents is 1. The number of phenols is 1. The van der Waals surface area contributed by atoms with E-state index in [4.69, 9.17) is 10.2 Å². The van der Waals surface area contributed by atoms with Crippen LogP contribution in [0.1, 0.15) is 19.4 Å². The van der Waals surface area contributed by atoms with E-state index in [1.165, 1.54) is 18.2 Å². The van der Waals surface area contributed by atoms with E-state index in [9.17, 15) is 9.59 Å². The van der Waals surface area contributed by atoms with Gasteiger partial charge in [-0.05, 0) is 31.5 Å². The summed E-state index contributed by atoms with van der Waals surface area (Å²) >= 11 is 0. The second-order valence-corrected chi connectivity index (χ2v) is 4.49. The van der Waals surface area contributed by atoms with Gasteiger partial charge in [-0.15, -0.1) is 0 Å². The van der Waals surface area contributed by atoms with Crippen molar-refractivity contribution in [2.45, 2.75) is 26.3 Å². The zero-order valence-electron chi connectivity index (χ0n) is 10.9. The normalized spacial score (nSPS) is 11.5. The molecule has 1 atom stereocenters. The number of amides is 1. The molecule has 0 aliphatic rings. The maximum Gasteiger partial charge on any atom is 0.326 e. The number of allylic oxidation sites excluding steroid dienone is 1. The second-order valence-electron chi connectivity index (χ2n) is 4.49. The monoisotopic (exact) mass is 263 g/mol. The molecule has 1 amide bonds. The number of carbonyl (C=O) groups is 2. The van der Waals surface area contributed by atoms with Gasteiger partial charge in [-0.25, -0.2) is 4.79 Å². The summed E-state index contributed by atoms with van der Waals surface area (Å²) in [6.45, 7) is 3.52. The van der Waals surface area contributed by atoms with Crippen molar-refractivity contribution in [2.75, 3.05) is 0 Å². The van der Waals surface area contributed by atoms with E-state index in [0.717, 1.165) is 11.1 Å². The number of rotatable bonds is 5. The third-order valence-electron chi connectivity index (χ3n) is 2.41. The minimum absolute atomic E-state index is 0.115. The summed E-state index contributed by atoms with van der Waals surface area (Å²) in [6, 6.07) is 5.21. The Morgan fingerprint density at radius 1 is 1.26 bits per heavy atom. The van der Waals surface area contributed by atoms with Crippen LogP contribution in [0.25, 0.3) is 0 Å². The molecule has 0 aromatic heterocycles. The van der Waals surface area contributed by atoms with Crippen LogP contribution in [-0.2, 0) is 16.0 Å². The summed E-state index contributed by atoms with van der Waals surface area (Å²) < 4.78 is 0. The number of carbonyl (C=O) groups excluding carboxylic acids is 1. The van der Waals surface area contributed by atoms with Crippen molar-refractivity contribution in [3.8, 4) is 5.75 Å². The van der Waals surface area contributed by atoms with Gasteiger partial charge in [-0.1, -0.05) is 17.7 Å². The summed E-state index contributed by atoms with van der Waals surface area (Å²) in [5.74, 6) is -1.40. The predicted molar refractivity (Wildman–Crippen MR) is 70.8 cm³/mol. The van der Waals surface area contributed by atoms with Crippen molar-refractivity contribution in [3.05, 3.63) is 41.5 Å². The molecule has 1 rings (SSSR count). The average molecular weight is 263 g/mol. The van der Waals surface area contributed by atoms with Crippen LogP contribution in [0.5, 0.6) is 5.75 Å². The zero-order valence-corrected chi connectivity index (χ0v) is 10.9. The third-order valence-corrected chi connectivity index (χ3v) is 2.41. The van der Waals surface area contributed by atoms with Crippen molar-refractivity contribution >= 4 is 11.9 Å². The minimum atomic E-state index is -1.09. The highest BCUT2D eigenvalue weighted by Crippen LogP contribution is 2.11. The van der Waals surface area contributed by atoms with Crippen LogP contribution in [0.4, 0.5) is 0 Å². The lowest BCUT2D eigenvalue weighted by Crippen LogP contribution is -2.41. The van der Waals surface area contributed by atoms with Gasteiger partial charge in [0.2, 0.25) is 5.91 Å². The van der Waals surface area contributed by atoms with Crippen molar-refractivity contribution in [2.24, 2.45) is 0 Å². The summed E-state index contributed by atoms with van der Waals surface area (Å²) in [5.41, 5.74) is 1.52. The first-order chi connectivity index (χ1) is 8.88. The number of benzene rings is 1. The first kappa shape index (κ1) is 14.8. The Labute approximate surface area is 111 Å². The van der Waals surface area contributed by atoms with E-state index in [1.807, 2.05) is 0 Å². The van der Waals surface area contributed by atoms with Crippen LogP contribution in [0, 0.1) is 0 Å². The molecule has 1 aromatic rings. The van der Waals surface area contributed by atoms with Gasteiger partial charge >= 0.3 is 5.97 Å². The smallest absolute Gasteiger partial charge is 0.326 e. The van der Waals surface area contributed by atoms with Gasteiger partial charge in [0.1, 0.15) is 11.8 Å². The van der Waals surface area contributed by atoms with Gasteiger partial charge < -0.3 is 15.5 Å². The molecule has 0 fully saturated rings. The van der Waals surface area contributed by atoms with Crippen molar-refractivity contribution in [3.63, 3.8) is 0 Å². The number of nitrogens with one attached hydrogen (secondary N) is 1. The summed E-state index contributed by atoms with van der Waals surface area (Å²) in [4.78, 5) is 22.6. The second kappa shape index (κ2) is 6.58. The quantitative estimate of drug-likeness (QED) is 0.702. The molecule has 19 heavy (non-hydrogen) atoms. The van der Waals surface area contributed by atoms with Crippen molar-refractivity contribution in [1.29, 1.82) is 0 Å². The number of hydrogen-bond acceptors (Lipinski definition) is 3. The van der Waals surface area contributed by atoms with Gasteiger partial charge in [0, 0.05) is 12.5 Å². The molecule has 0 radical (unpaired) electrons. The molecule has 0 heterocycles. The molecule has 3 N–H and O–H groups in total. The van der Waals surface area contributed by atoms with Crippen LogP contribution in [0.2, 0.25) is 0 Å². The van der Waals surface area contributed by atoms with E-state index in [0.29, 0.717) is 0 Å². The average Bonchev–Trinajstić information content (AvgIpc) is 2.29. The molecule has 0 bridgehead atoms. The maximum absolute atomic E-state index is 11.5. The standard InChI is InChI=1S/C14H17NO4/c1-9(2)7-13(17)15-12(14(18)19)8-10-3-5-11(16)6-4-10/h3-7,12,16H,8H2,1-2H3,(H,15,17)(H,18,19)/t12-/m0/s1. The van der Waals surface area contributed by atoms with Crippen LogP contribution < -0.4 is 5.32 Å². The highest BCUT2D eigenvalue weighted by atomic mass is 16.4. The number of aromatic hydroxyl groups is 1. The van der Waals surface area contributed by atoms with Gasteiger partial charge in [-0.3, -0.25) is 4.79 Å². The fourth-order valence-corrected chi connectivity index (χ4v) is 1.54. The van der Waals surface area contributed by atoms with Gasteiger partial charge in [0.25, 0.3) is 0 Å². The van der Waals surface area contributed by atoms with Gasteiger partial charge in [-0.2, -0.15) is 0 Å². The Morgan fingerprint density at radius 2 is 1.84 bits per heavy atom. The molecule has 5 heteroatoms. The predicted octanol–water partition coefficient (Wildman–Crippen LogP) is 1.47. The van der Waals surface area contributed by atoms with E-state index in [-0.39, 0.29) is 12.2 Å². The highest BCUT2D eigenvalue weighted by Gasteiger charge is 2.19. The minimum Gasteiger partial charge on any atom is -0.508 e. The summed E-state index contributed by atoms with van der Waals surface area (Å²) in [6.07, 6.45) is 1.52. The summed E-state index contributed by atoms with van der Waals surface area (Å²) in [7, 11) is 0. The molecule has 0 unspecified atom stereocenters. The zero-order chi connectivity index (χ0) is 14.4. The van der Waals surface area contributed by atoms with Gasteiger partial charge in [0.05, 0.1) is 0 Å². The fourth-order valence-electron chi connectivity index (χ4n) is 1.54. The summed E-state index contributed by atoms with van der Waals surface area (Å²) in [5, 5.41) is 20.7. The molecule has 102 valence electrons. The molecule has 0 saturated carbocycles. The Balaban J connectivity index is 2.73. The lowest BCUT2D eigenvalue weighted by molar-refractivity contribution is -0.141. The van der Waals surface area contributed by atoms with Crippen LogP contribution >= 0.6 is 0 Å². The van der Waals surface area contributed by atoms with Crippen LogP contribution in [0.15, 0.2) is 35.9 Å². The first-order valence-electron chi connectivity index (χ1n) is 5.84. The Bertz CT molecular complexity index is 487. The number of hydrogen-bond donors (Lipinski definition) is 3. The van der Waals surface area contributed by atoms with E-state index in [2.05, 4.69) is 5.32 Å². The molecule has 5 nitrogen and oxygen atoms in total. The van der Waals surface area contributed by atoms with E-state index in [1.54, 1.807) is 26.0 Å². The highest BCUT2D eigenvalue weighted by molar-refractivity contribution is 5.91. The van der Waals surface area contributed by atoms with Crippen molar-refractivity contribution in [1.82, 2.24) is 5.32 Å². The Kier molecular flexibility index (Phi) is 5.11.